The van der Waals surface area contributed by atoms with Crippen molar-refractivity contribution in [3.8, 4) is 0 Å². The standard InChI is InChI=1S/C61H92O25S2/c1-10-12-30(2)13-17-57(5,65)54-32(4)21-41-40(79-54)27-49-61(9,84-41)55(82-56-51(64)50(63)45(29-62)80-56)53-44(78-49)25-43-52(81-53)31(3)14-18-59(7)47(77-43)28-46-60(8,86-59)19-15-33-34(76-46)22-36-35(73-33)23-37-38(74-36)24-42-39(75-37)26-48(85-88(69,70)71)58(6,83-42)16-11-20-72-87(66,67)68/h10,13,17,31,33-56,62-65H,1-2,4,11-12,14-16,18-29H2,3,5-9H3,(H,66,67,68)(H,69,70,71)/b17-13+/t31-,33-,34+,35+,36-,37-,38+,39+,40+,41-,42-,43-,44+,45-,46-,47+,48+,49-,50-,51+,52+,53-,54-,55+,56+,57+,58+,59-,60+,61+/m0/s1. The first-order valence-corrected chi connectivity index (χ1v) is 34.3. The Morgan fingerprint density at radius 2 is 1.28 bits per heavy atom. The van der Waals surface area contributed by atoms with E-state index in [1.165, 1.54) is 0 Å². The van der Waals surface area contributed by atoms with Gasteiger partial charge in [0.15, 0.2) is 6.29 Å². The number of fused-ring (bicyclic) bond motifs is 10. The van der Waals surface area contributed by atoms with Crippen molar-refractivity contribution in [3.63, 3.8) is 0 Å². The molecular formula is C61H92O25S2. The minimum Gasteiger partial charge on any atom is -0.394 e. The van der Waals surface area contributed by atoms with Crippen LogP contribution in [-0.4, -0.2) is 234 Å². The summed E-state index contributed by atoms with van der Waals surface area (Å²) >= 11 is 0. The Labute approximate surface area is 515 Å². The van der Waals surface area contributed by atoms with Crippen LogP contribution in [0, 0.1) is 5.92 Å². The lowest BCUT2D eigenvalue weighted by molar-refractivity contribution is -0.387. The summed E-state index contributed by atoms with van der Waals surface area (Å²) in [5.74, 6) is -0.0396. The molecular weight excluding hydrogens is 1200 g/mol. The Morgan fingerprint density at radius 3 is 1.93 bits per heavy atom. The van der Waals surface area contributed by atoms with Gasteiger partial charge in [-0.25, -0.2) is 8.37 Å². The van der Waals surface area contributed by atoms with Gasteiger partial charge in [-0.1, -0.05) is 43.9 Å². The molecule has 0 spiro atoms. The second kappa shape index (κ2) is 24.7. The minimum atomic E-state index is -4.93. The fraction of sp³-hybridized carbons (Fsp3) is 0.869. The van der Waals surface area contributed by atoms with Gasteiger partial charge in [0.05, 0.1) is 128 Å². The van der Waals surface area contributed by atoms with Crippen LogP contribution < -0.4 is 0 Å². The first kappa shape index (κ1) is 66.1. The fourth-order valence-corrected chi connectivity index (χ4v) is 17.7. The highest BCUT2D eigenvalue weighted by atomic mass is 32.3. The molecule has 12 aliphatic heterocycles. The summed E-state index contributed by atoms with van der Waals surface area (Å²) in [5.41, 5.74) is -4.01. The topological polar surface area (TPSA) is 328 Å². The van der Waals surface area contributed by atoms with Crippen molar-refractivity contribution in [1.29, 1.82) is 0 Å². The van der Waals surface area contributed by atoms with E-state index >= 15 is 0 Å². The maximum atomic E-state index is 12.1. The molecule has 12 aliphatic rings. The van der Waals surface area contributed by atoms with Crippen molar-refractivity contribution >= 4 is 20.8 Å². The average molecular weight is 1290 g/mol. The first-order chi connectivity index (χ1) is 41.4. The van der Waals surface area contributed by atoms with E-state index in [2.05, 4.69) is 44.7 Å². The van der Waals surface area contributed by atoms with Gasteiger partial charge in [-0.2, -0.15) is 16.8 Å². The minimum absolute atomic E-state index is 0.0396. The lowest BCUT2D eigenvalue weighted by atomic mass is 9.72. The van der Waals surface area contributed by atoms with E-state index in [0.29, 0.717) is 76.2 Å². The summed E-state index contributed by atoms with van der Waals surface area (Å²) in [4.78, 5) is 0. The second-order valence-electron chi connectivity index (χ2n) is 28.2. The molecule has 0 radical (unpaired) electrons. The van der Waals surface area contributed by atoms with E-state index in [9.17, 15) is 41.8 Å². The molecule has 25 nitrogen and oxygen atoms in total. The molecule has 6 N–H and O–H groups in total. The van der Waals surface area contributed by atoms with Crippen LogP contribution in [0.3, 0.4) is 0 Å². The SMILES string of the molecule is C=CCC(=C)/C=C/[C@@](C)(O)[C@H]1O[C@@H]2C[C@@H]3O[C@@H]4C[C@@H]5O[C@@H]6C[C@@H]7O[C@@H]8C[C@@H]9O[C@@H]%10C[C@@H]%11O[C@](C)(CCCOS(=O)(=O)O)[C@H](OS(=O)(=O)O)C[C@H]%11O[C@H]%10C[C@H]9O[C@H]8CC[C@@]7(C)O[C@@]6(C)CC[C@H](C)[C@H]5O[C@@H]4[C@@H](O[C@H]4O[C@@H](CO)[C@H](O)[C@H]4O)[C@]3(C)O[C@H]2CC1=C. The smallest absolute Gasteiger partial charge is 0.394 e. The molecule has 27 heteroatoms. The molecule has 0 bridgehead atoms. The summed E-state index contributed by atoms with van der Waals surface area (Å²) in [5, 5.41) is 44.2. The van der Waals surface area contributed by atoms with Gasteiger partial charge in [-0.3, -0.25) is 9.11 Å². The summed E-state index contributed by atoms with van der Waals surface area (Å²) in [6, 6.07) is 0. The molecule has 12 rings (SSSR count). The molecule has 12 saturated heterocycles. The molecule has 30 atom stereocenters. The largest absolute Gasteiger partial charge is 0.397 e. The molecule has 88 heavy (non-hydrogen) atoms. The maximum absolute atomic E-state index is 12.1. The fourth-order valence-electron chi connectivity index (χ4n) is 16.8. The molecule has 0 aliphatic carbocycles. The van der Waals surface area contributed by atoms with Crippen LogP contribution in [0.25, 0.3) is 0 Å². The highest BCUT2D eigenvalue weighted by Crippen LogP contribution is 2.55. The number of allylic oxidation sites excluding steroid dienone is 3. The van der Waals surface area contributed by atoms with Crippen LogP contribution in [0.5, 0.6) is 0 Å². The van der Waals surface area contributed by atoms with E-state index < -0.39 is 184 Å². The molecule has 498 valence electrons. The summed E-state index contributed by atoms with van der Waals surface area (Å²) < 4.78 is 165. The highest BCUT2D eigenvalue weighted by Gasteiger charge is 2.67. The monoisotopic (exact) mass is 1290 g/mol. The Kier molecular flexibility index (Phi) is 18.5. The van der Waals surface area contributed by atoms with E-state index in [0.717, 1.165) is 12.0 Å². The van der Waals surface area contributed by atoms with Crippen molar-refractivity contribution < 1.29 is 116 Å². The zero-order valence-electron chi connectivity index (χ0n) is 51.1. The number of aliphatic hydroxyl groups excluding tert-OH is 3. The van der Waals surface area contributed by atoms with Crippen molar-refractivity contribution in [2.45, 2.75) is 313 Å². The number of ether oxygens (including phenoxy) is 13. The van der Waals surface area contributed by atoms with Gasteiger partial charge < -0.3 is 82.0 Å². The second-order valence-corrected chi connectivity index (χ2v) is 30.3. The van der Waals surface area contributed by atoms with Crippen molar-refractivity contribution in [3.05, 3.63) is 49.1 Å². The maximum Gasteiger partial charge on any atom is 0.397 e. The zero-order valence-corrected chi connectivity index (χ0v) is 52.7. The third-order valence-electron chi connectivity index (χ3n) is 21.6. The van der Waals surface area contributed by atoms with Gasteiger partial charge in [0.1, 0.15) is 53.9 Å². The Balaban J connectivity index is 0.742. The van der Waals surface area contributed by atoms with Gasteiger partial charge in [-0.15, -0.1) is 6.58 Å². The lowest BCUT2D eigenvalue weighted by Gasteiger charge is -2.61. The van der Waals surface area contributed by atoms with Crippen LogP contribution >= 0.6 is 0 Å². The molecule has 0 aromatic heterocycles. The number of hydrogen-bond donors (Lipinski definition) is 6. The average Bonchev–Trinajstić information content (AvgIpc) is 0.899. The van der Waals surface area contributed by atoms with E-state index in [-0.39, 0.29) is 49.6 Å². The van der Waals surface area contributed by atoms with Crippen molar-refractivity contribution in [2.24, 2.45) is 5.92 Å². The molecule has 0 aromatic rings. The van der Waals surface area contributed by atoms with Crippen molar-refractivity contribution in [1.82, 2.24) is 0 Å². The normalized spacial score (nSPS) is 50.9. The first-order valence-electron chi connectivity index (χ1n) is 31.6. The summed E-state index contributed by atoms with van der Waals surface area (Å²) in [6.07, 6.45) is -4.84. The molecule has 0 unspecified atom stereocenters. The zero-order chi connectivity index (χ0) is 62.8. The highest BCUT2D eigenvalue weighted by molar-refractivity contribution is 7.81. The Morgan fingerprint density at radius 1 is 0.693 bits per heavy atom. The Bertz CT molecular complexity index is 2840. The number of aliphatic hydroxyl groups is 4. The van der Waals surface area contributed by atoms with Crippen LogP contribution in [-0.2, 0) is 90.7 Å². The van der Waals surface area contributed by atoms with Gasteiger partial charge in [0.25, 0.3) is 0 Å². The molecule has 0 amide bonds. The molecule has 12 heterocycles. The van der Waals surface area contributed by atoms with Crippen LogP contribution in [0.4, 0.5) is 0 Å². The van der Waals surface area contributed by atoms with E-state index in [1.54, 1.807) is 32.1 Å². The summed E-state index contributed by atoms with van der Waals surface area (Å²) in [6.45, 7) is 22.9. The Hall–Kier alpha value is -1.98. The molecule has 0 saturated carbocycles. The van der Waals surface area contributed by atoms with Crippen LogP contribution in [0.15, 0.2) is 49.1 Å². The van der Waals surface area contributed by atoms with Crippen molar-refractivity contribution in [2.75, 3.05) is 13.2 Å². The molecule has 0 aromatic carbocycles. The van der Waals surface area contributed by atoms with E-state index in [4.69, 9.17) is 70.3 Å². The van der Waals surface area contributed by atoms with Crippen LogP contribution in [0.1, 0.15) is 138 Å². The van der Waals surface area contributed by atoms with Gasteiger partial charge in [0, 0.05) is 44.9 Å². The molecule has 12 fully saturated rings. The number of hydrogen-bond acceptors (Lipinski definition) is 23. The van der Waals surface area contributed by atoms with Gasteiger partial charge in [-0.05, 0) is 97.5 Å². The summed E-state index contributed by atoms with van der Waals surface area (Å²) in [7, 11) is -9.64. The van der Waals surface area contributed by atoms with E-state index in [1.807, 2.05) is 6.92 Å². The predicted octanol–water partition coefficient (Wildman–Crippen LogP) is 3.91. The third-order valence-corrected chi connectivity index (χ3v) is 22.5. The third kappa shape index (κ3) is 13.0. The van der Waals surface area contributed by atoms with Crippen LogP contribution in [0.2, 0.25) is 0 Å². The predicted molar refractivity (Wildman–Crippen MR) is 307 cm³/mol. The van der Waals surface area contributed by atoms with Gasteiger partial charge in [0.2, 0.25) is 0 Å². The number of rotatable bonds is 15. The lowest BCUT2D eigenvalue weighted by Crippen LogP contribution is -2.75. The van der Waals surface area contributed by atoms with Gasteiger partial charge >= 0.3 is 20.8 Å². The quantitative estimate of drug-likeness (QED) is 0.0586.